The lowest BCUT2D eigenvalue weighted by atomic mass is 10.0. The molecule has 0 aliphatic heterocycles. The van der Waals surface area contributed by atoms with Crippen molar-refractivity contribution in [3.05, 3.63) is 23.8 Å². The number of hydrogen-bond donors (Lipinski definition) is 3. The molecule has 1 unspecified atom stereocenters. The summed E-state index contributed by atoms with van der Waals surface area (Å²) in [6.07, 6.45) is 0.556. The summed E-state index contributed by atoms with van der Waals surface area (Å²) in [5.41, 5.74) is 5.55. The Balaban J connectivity index is 2.79. The van der Waals surface area contributed by atoms with E-state index in [9.17, 15) is 9.90 Å². The van der Waals surface area contributed by atoms with Crippen LogP contribution in [-0.4, -0.2) is 30.3 Å². The van der Waals surface area contributed by atoms with E-state index in [4.69, 9.17) is 10.5 Å². The molecule has 4 N–H and O–H groups in total. The number of nitrogens with one attached hydrogen (secondary N) is 1. The quantitative estimate of drug-likeness (QED) is 0.687. The van der Waals surface area contributed by atoms with E-state index in [1.165, 1.54) is 7.11 Å². The number of amides is 1. The van der Waals surface area contributed by atoms with Gasteiger partial charge in [0.05, 0.1) is 24.0 Å². The monoisotopic (exact) mass is 252 g/mol. The number of methoxy groups -OCH3 is 1. The Labute approximate surface area is 107 Å². The number of benzene rings is 1. The van der Waals surface area contributed by atoms with Crippen molar-refractivity contribution in [1.29, 1.82) is 0 Å². The van der Waals surface area contributed by atoms with Gasteiger partial charge < -0.3 is 20.9 Å². The molecule has 0 saturated carbocycles. The first-order chi connectivity index (χ1) is 8.41. The number of rotatable bonds is 5. The largest absolute Gasteiger partial charge is 0.495 e. The van der Waals surface area contributed by atoms with Crippen molar-refractivity contribution in [2.75, 3.05) is 19.4 Å². The topological polar surface area (TPSA) is 84.6 Å². The molecule has 5 heteroatoms. The van der Waals surface area contributed by atoms with E-state index in [1.807, 2.05) is 6.92 Å². The molecule has 0 spiro atoms. The molecule has 1 aromatic rings. The van der Waals surface area contributed by atoms with Crippen LogP contribution in [0.1, 0.15) is 30.6 Å². The number of nitrogen functional groups attached to an aromatic ring is 1. The summed E-state index contributed by atoms with van der Waals surface area (Å²) in [5.74, 6) is 0.144. The van der Waals surface area contributed by atoms with E-state index in [1.54, 1.807) is 25.1 Å². The summed E-state index contributed by atoms with van der Waals surface area (Å²) in [7, 11) is 1.50. The zero-order valence-electron chi connectivity index (χ0n) is 11.0. The van der Waals surface area contributed by atoms with E-state index in [0.29, 0.717) is 23.4 Å². The summed E-state index contributed by atoms with van der Waals surface area (Å²) < 4.78 is 5.05. The number of aliphatic hydroxyl groups is 1. The van der Waals surface area contributed by atoms with Gasteiger partial charge in [0.15, 0.2) is 0 Å². The summed E-state index contributed by atoms with van der Waals surface area (Å²) in [4.78, 5) is 11.9. The second kappa shape index (κ2) is 5.73. The highest BCUT2D eigenvalue weighted by atomic mass is 16.5. The first-order valence-electron chi connectivity index (χ1n) is 5.84. The Morgan fingerprint density at radius 2 is 2.22 bits per heavy atom. The fourth-order valence-electron chi connectivity index (χ4n) is 1.41. The summed E-state index contributed by atoms with van der Waals surface area (Å²) in [5, 5.41) is 12.5. The molecule has 1 aromatic carbocycles. The minimum absolute atomic E-state index is 0.180. The van der Waals surface area contributed by atoms with Crippen molar-refractivity contribution in [2.24, 2.45) is 0 Å². The van der Waals surface area contributed by atoms with Gasteiger partial charge in [-0.15, -0.1) is 0 Å². The van der Waals surface area contributed by atoms with Crippen LogP contribution in [0.15, 0.2) is 18.2 Å². The lowest BCUT2D eigenvalue weighted by molar-refractivity contribution is 0.0518. The number of para-hydroxylation sites is 1. The number of hydrogen-bond acceptors (Lipinski definition) is 4. The molecule has 18 heavy (non-hydrogen) atoms. The minimum Gasteiger partial charge on any atom is -0.495 e. The fourth-order valence-corrected chi connectivity index (χ4v) is 1.41. The zero-order valence-corrected chi connectivity index (χ0v) is 11.0. The first kappa shape index (κ1) is 14.3. The molecule has 0 aliphatic rings. The number of anilines is 1. The molecule has 1 rings (SSSR count). The summed E-state index contributed by atoms with van der Waals surface area (Å²) in [6, 6.07) is 5.00. The van der Waals surface area contributed by atoms with Crippen molar-refractivity contribution >= 4 is 11.6 Å². The van der Waals surface area contributed by atoms with Crippen LogP contribution in [0, 0.1) is 0 Å². The predicted octanol–water partition coefficient (Wildman–Crippen LogP) is 1.17. The smallest absolute Gasteiger partial charge is 0.253 e. The molecule has 0 aliphatic carbocycles. The number of ether oxygens (including phenoxy) is 1. The highest BCUT2D eigenvalue weighted by Crippen LogP contribution is 2.24. The third-order valence-electron chi connectivity index (χ3n) is 2.92. The third kappa shape index (κ3) is 3.37. The number of carbonyl (C=O) groups excluding carboxylic acids is 1. The maximum atomic E-state index is 11.9. The average Bonchev–Trinajstić information content (AvgIpc) is 2.36. The Hall–Kier alpha value is -1.75. The van der Waals surface area contributed by atoms with Crippen LogP contribution in [0.4, 0.5) is 5.69 Å². The van der Waals surface area contributed by atoms with Crippen molar-refractivity contribution in [3.8, 4) is 5.75 Å². The van der Waals surface area contributed by atoms with Gasteiger partial charge in [-0.05, 0) is 25.5 Å². The molecule has 0 fully saturated rings. The van der Waals surface area contributed by atoms with Crippen molar-refractivity contribution in [2.45, 2.75) is 25.9 Å². The molecular formula is C13H20N2O3. The van der Waals surface area contributed by atoms with Gasteiger partial charge in [-0.3, -0.25) is 4.79 Å². The minimum atomic E-state index is -0.913. The Kier molecular flexibility index (Phi) is 4.55. The van der Waals surface area contributed by atoms with E-state index in [2.05, 4.69) is 5.32 Å². The maximum absolute atomic E-state index is 11.9. The lowest BCUT2D eigenvalue weighted by Gasteiger charge is -2.21. The van der Waals surface area contributed by atoms with Gasteiger partial charge in [-0.25, -0.2) is 0 Å². The second-order valence-corrected chi connectivity index (χ2v) is 4.45. The Morgan fingerprint density at radius 1 is 1.56 bits per heavy atom. The van der Waals surface area contributed by atoms with E-state index in [0.717, 1.165) is 0 Å². The molecular weight excluding hydrogens is 232 g/mol. The molecule has 1 atom stereocenters. The van der Waals surface area contributed by atoms with Crippen LogP contribution in [-0.2, 0) is 0 Å². The molecule has 0 aromatic heterocycles. The molecule has 1 amide bonds. The van der Waals surface area contributed by atoms with Crippen molar-refractivity contribution < 1.29 is 14.6 Å². The van der Waals surface area contributed by atoms with Crippen molar-refractivity contribution in [3.63, 3.8) is 0 Å². The maximum Gasteiger partial charge on any atom is 0.253 e. The summed E-state index contributed by atoms with van der Waals surface area (Å²) >= 11 is 0. The van der Waals surface area contributed by atoms with Crippen LogP contribution in [0.3, 0.4) is 0 Å². The molecule has 100 valence electrons. The fraction of sp³-hybridized carbons (Fsp3) is 0.462. The highest BCUT2D eigenvalue weighted by molar-refractivity contribution is 6.00. The normalized spacial score (nSPS) is 13.8. The Bertz CT molecular complexity index is 430. The van der Waals surface area contributed by atoms with Gasteiger partial charge in [-0.1, -0.05) is 13.0 Å². The molecule has 0 heterocycles. The molecule has 5 nitrogen and oxygen atoms in total. The molecule has 0 radical (unpaired) electrons. The van der Waals surface area contributed by atoms with Crippen LogP contribution in [0.5, 0.6) is 5.75 Å². The standard InChI is InChI=1S/C13H20N2O3/c1-4-13(2,17)8-15-12(16)9-6-5-7-10(18-3)11(9)14/h5-7,17H,4,8,14H2,1-3H3,(H,15,16). The number of carbonyl (C=O) groups is 1. The second-order valence-electron chi connectivity index (χ2n) is 4.45. The van der Waals surface area contributed by atoms with Crippen LogP contribution >= 0.6 is 0 Å². The highest BCUT2D eigenvalue weighted by Gasteiger charge is 2.20. The predicted molar refractivity (Wildman–Crippen MR) is 70.7 cm³/mol. The van der Waals surface area contributed by atoms with E-state index < -0.39 is 5.60 Å². The SMILES string of the molecule is CCC(C)(O)CNC(=O)c1cccc(OC)c1N. The van der Waals surface area contributed by atoms with E-state index >= 15 is 0 Å². The van der Waals surface area contributed by atoms with Gasteiger partial charge in [-0.2, -0.15) is 0 Å². The third-order valence-corrected chi connectivity index (χ3v) is 2.92. The van der Waals surface area contributed by atoms with Gasteiger partial charge in [0.25, 0.3) is 5.91 Å². The van der Waals surface area contributed by atoms with E-state index in [-0.39, 0.29) is 12.5 Å². The molecule has 0 bridgehead atoms. The zero-order chi connectivity index (χ0) is 13.8. The van der Waals surface area contributed by atoms with Crippen LogP contribution < -0.4 is 15.8 Å². The van der Waals surface area contributed by atoms with Gasteiger partial charge >= 0.3 is 0 Å². The molecule has 0 saturated heterocycles. The van der Waals surface area contributed by atoms with Gasteiger partial charge in [0.1, 0.15) is 5.75 Å². The Morgan fingerprint density at radius 3 is 2.78 bits per heavy atom. The average molecular weight is 252 g/mol. The van der Waals surface area contributed by atoms with Crippen molar-refractivity contribution in [1.82, 2.24) is 5.32 Å². The van der Waals surface area contributed by atoms with Gasteiger partial charge in [0.2, 0.25) is 0 Å². The number of nitrogens with two attached hydrogens (primary N) is 1. The lowest BCUT2D eigenvalue weighted by Crippen LogP contribution is -2.40. The van der Waals surface area contributed by atoms with Crippen LogP contribution in [0.2, 0.25) is 0 Å². The summed E-state index contributed by atoms with van der Waals surface area (Å²) in [6.45, 7) is 3.70. The first-order valence-corrected chi connectivity index (χ1v) is 5.84. The van der Waals surface area contributed by atoms with Crippen LogP contribution in [0.25, 0.3) is 0 Å². The van der Waals surface area contributed by atoms with Gasteiger partial charge in [0, 0.05) is 6.54 Å².